The number of carbonyl (C=O) groups is 1. The van der Waals surface area contributed by atoms with Gasteiger partial charge >= 0.3 is 0 Å². The van der Waals surface area contributed by atoms with Crippen LogP contribution in [0.1, 0.15) is 0 Å². The van der Waals surface area contributed by atoms with Crippen LogP contribution in [0.2, 0.25) is 19.6 Å². The van der Waals surface area contributed by atoms with Gasteiger partial charge in [0.2, 0.25) is 0 Å². The van der Waals surface area contributed by atoms with Gasteiger partial charge in [0.1, 0.15) is 0 Å². The first-order chi connectivity index (χ1) is 3.95. The van der Waals surface area contributed by atoms with E-state index in [-0.39, 0.29) is 0 Å². The molecule has 0 aliphatic heterocycles. The molecule has 0 spiro atoms. The van der Waals surface area contributed by atoms with Crippen LogP contribution in [0, 0.1) is 0 Å². The third-order valence-electron chi connectivity index (χ3n) is 0.683. The summed E-state index contributed by atoms with van der Waals surface area (Å²) in [4.78, 5) is 10.0. The van der Waals surface area contributed by atoms with Crippen molar-refractivity contribution in [3.63, 3.8) is 0 Å². The van der Waals surface area contributed by atoms with Gasteiger partial charge in [-0.2, -0.15) is 0 Å². The Morgan fingerprint density at radius 2 is 1.89 bits per heavy atom. The van der Waals surface area contributed by atoms with E-state index >= 15 is 0 Å². The maximum absolute atomic E-state index is 10.0. The lowest BCUT2D eigenvalue weighted by molar-refractivity contribution is -0.104. The molecule has 0 bridgehead atoms. The Morgan fingerprint density at radius 1 is 1.44 bits per heavy atom. The van der Waals surface area contributed by atoms with Gasteiger partial charge < -0.3 is 0 Å². The Hall–Kier alpha value is -0.0831. The van der Waals surface area contributed by atoms with Crippen LogP contribution in [0.25, 0.3) is 0 Å². The van der Waals surface area contributed by atoms with Gasteiger partial charge in [-0.1, -0.05) is 36.9 Å². The maximum atomic E-state index is 10.0. The van der Waals surface area contributed by atoms with Gasteiger partial charge in [-0.3, -0.25) is 4.79 Å². The third kappa shape index (κ3) is 5.79. The van der Waals surface area contributed by atoms with Crippen molar-refractivity contribution < 1.29 is 4.79 Å². The summed E-state index contributed by atoms with van der Waals surface area (Å²) in [6, 6.07) is 0. The van der Waals surface area contributed by atoms with Crippen molar-refractivity contribution >= 4 is 26.0 Å². The zero-order chi connectivity index (χ0) is 7.49. The van der Waals surface area contributed by atoms with Crippen LogP contribution in [0.5, 0.6) is 0 Å². The minimum atomic E-state index is -1.27. The van der Waals surface area contributed by atoms with E-state index in [0.29, 0.717) is 11.3 Å². The molecule has 0 aromatic carbocycles. The molecule has 1 nitrogen and oxygen atoms in total. The van der Waals surface area contributed by atoms with Crippen LogP contribution in [0.4, 0.5) is 0 Å². The molecular weight excluding hydrogens is 152 g/mol. The highest BCUT2D eigenvalue weighted by atomic mass is 35.5. The molecule has 0 amide bonds. The first-order valence-corrected chi connectivity index (χ1v) is 6.75. The van der Waals surface area contributed by atoms with E-state index in [9.17, 15) is 4.79 Å². The van der Waals surface area contributed by atoms with Crippen LogP contribution in [-0.2, 0) is 4.79 Å². The monoisotopic (exact) mass is 162 g/mol. The Balaban J connectivity index is 4.11. The van der Waals surface area contributed by atoms with Crippen LogP contribution in [-0.4, -0.2) is 14.4 Å². The van der Waals surface area contributed by atoms with E-state index in [1.165, 1.54) is 0 Å². The van der Waals surface area contributed by atoms with E-state index in [4.69, 9.17) is 11.6 Å². The molecule has 0 N–H and O–H groups in total. The lowest BCUT2D eigenvalue weighted by Gasteiger charge is -2.07. The summed E-state index contributed by atoms with van der Waals surface area (Å²) < 4.78 is 0. The molecule has 0 heterocycles. The summed E-state index contributed by atoms with van der Waals surface area (Å²) in [5.41, 5.74) is 1.86. The average molecular weight is 163 g/mol. The van der Waals surface area contributed by atoms with Crippen LogP contribution in [0.15, 0.2) is 10.7 Å². The number of allylic oxidation sites excluding steroid dienone is 1. The third-order valence-corrected chi connectivity index (χ3v) is 2.24. The molecule has 0 atom stereocenters. The summed E-state index contributed by atoms with van der Waals surface area (Å²) in [5.74, 6) is 0. The zero-order valence-electron chi connectivity index (χ0n) is 5.94. The topological polar surface area (TPSA) is 17.1 Å². The summed E-state index contributed by atoms with van der Waals surface area (Å²) in [6.07, 6.45) is 0.680. The molecule has 0 fully saturated rings. The minimum Gasteiger partial charge on any atom is -0.297 e. The van der Waals surface area contributed by atoms with Gasteiger partial charge in [-0.25, -0.2) is 0 Å². The van der Waals surface area contributed by atoms with Gasteiger partial charge in [-0.05, 0) is 0 Å². The van der Waals surface area contributed by atoms with Gasteiger partial charge in [0.25, 0.3) is 0 Å². The maximum Gasteiger partial charge on any atom is 0.160 e. The Morgan fingerprint density at radius 3 is 2.00 bits per heavy atom. The molecular formula is C6H11ClOSi. The molecule has 0 aromatic rings. The van der Waals surface area contributed by atoms with E-state index < -0.39 is 8.07 Å². The molecule has 0 saturated carbocycles. The van der Waals surface area contributed by atoms with Crippen LogP contribution in [0.3, 0.4) is 0 Å². The van der Waals surface area contributed by atoms with Crippen LogP contribution >= 0.6 is 11.6 Å². The number of hydrogen-bond donors (Lipinski definition) is 0. The summed E-state index contributed by atoms with van der Waals surface area (Å²) in [5, 5.41) is 0.342. The predicted molar refractivity (Wildman–Crippen MR) is 43.3 cm³/mol. The molecule has 0 saturated heterocycles. The van der Waals surface area contributed by atoms with E-state index in [2.05, 4.69) is 19.6 Å². The molecule has 9 heavy (non-hydrogen) atoms. The van der Waals surface area contributed by atoms with Crippen molar-refractivity contribution in [2.45, 2.75) is 19.6 Å². The fourth-order valence-corrected chi connectivity index (χ4v) is 2.33. The highest BCUT2D eigenvalue weighted by molar-refractivity contribution is 6.82. The number of hydrogen-bond acceptors (Lipinski definition) is 1. The van der Waals surface area contributed by atoms with Crippen molar-refractivity contribution in [1.82, 2.24) is 0 Å². The summed E-state index contributed by atoms with van der Waals surface area (Å²) in [7, 11) is -1.27. The molecule has 52 valence electrons. The number of carbonyl (C=O) groups excluding carboxylic acids is 1. The second kappa shape index (κ2) is 3.18. The first kappa shape index (κ1) is 8.92. The fourth-order valence-electron chi connectivity index (χ4n) is 0.448. The number of aldehydes is 1. The standard InChI is InChI=1S/C6H11ClOSi/c1-9(2,3)5-6(7)4-8/h4-5H,1-3H3/b6-5-. The van der Waals surface area contributed by atoms with E-state index in [0.717, 1.165) is 0 Å². The molecule has 0 aromatic heterocycles. The Kier molecular flexibility index (Phi) is 3.15. The second-order valence-electron chi connectivity index (χ2n) is 3.01. The van der Waals surface area contributed by atoms with Crippen LogP contribution < -0.4 is 0 Å². The molecule has 0 aliphatic carbocycles. The Labute approximate surface area is 61.7 Å². The van der Waals surface area contributed by atoms with Crippen molar-refractivity contribution in [2.75, 3.05) is 0 Å². The van der Waals surface area contributed by atoms with Crippen molar-refractivity contribution in [2.24, 2.45) is 0 Å². The van der Waals surface area contributed by atoms with Crippen molar-refractivity contribution in [3.8, 4) is 0 Å². The van der Waals surface area contributed by atoms with E-state index in [1.54, 1.807) is 0 Å². The fraction of sp³-hybridized carbons (Fsp3) is 0.500. The minimum absolute atomic E-state index is 0.342. The normalized spacial score (nSPS) is 13.6. The van der Waals surface area contributed by atoms with Gasteiger partial charge in [0.15, 0.2) is 6.29 Å². The molecule has 0 aliphatic rings. The van der Waals surface area contributed by atoms with Gasteiger partial charge in [0, 0.05) is 0 Å². The molecule has 0 radical (unpaired) electrons. The largest absolute Gasteiger partial charge is 0.297 e. The molecule has 3 heteroatoms. The van der Waals surface area contributed by atoms with Gasteiger partial charge in [0.05, 0.1) is 13.1 Å². The lowest BCUT2D eigenvalue weighted by Crippen LogP contribution is -2.16. The Bertz CT molecular complexity index is 134. The first-order valence-electron chi connectivity index (χ1n) is 2.79. The number of rotatable bonds is 2. The SMILES string of the molecule is C[Si](C)(C)/C=C(\Cl)C=O. The zero-order valence-corrected chi connectivity index (χ0v) is 7.70. The van der Waals surface area contributed by atoms with Crippen molar-refractivity contribution in [1.29, 1.82) is 0 Å². The molecule has 0 rings (SSSR count). The highest BCUT2D eigenvalue weighted by Crippen LogP contribution is 2.07. The summed E-state index contributed by atoms with van der Waals surface area (Å²) in [6.45, 7) is 6.37. The quantitative estimate of drug-likeness (QED) is 0.346. The smallest absolute Gasteiger partial charge is 0.160 e. The predicted octanol–water partition coefficient (Wildman–Crippen LogP) is 2.19. The van der Waals surface area contributed by atoms with E-state index in [1.807, 2.05) is 5.70 Å². The van der Waals surface area contributed by atoms with Crippen molar-refractivity contribution in [3.05, 3.63) is 10.7 Å². The average Bonchev–Trinajstić information content (AvgIpc) is 1.62. The lowest BCUT2D eigenvalue weighted by atomic mass is 10.7. The second-order valence-corrected chi connectivity index (χ2v) is 8.47. The summed E-state index contributed by atoms with van der Waals surface area (Å²) >= 11 is 5.48. The highest BCUT2D eigenvalue weighted by Gasteiger charge is 2.08. The molecule has 0 unspecified atom stereocenters. The van der Waals surface area contributed by atoms with Gasteiger partial charge in [-0.15, -0.1) is 0 Å². The number of halogens is 1.